The molecule has 0 radical (unpaired) electrons. The Morgan fingerprint density at radius 1 is 1.35 bits per heavy atom. The van der Waals surface area contributed by atoms with E-state index in [2.05, 4.69) is 4.98 Å². The highest BCUT2D eigenvalue weighted by Crippen LogP contribution is 2.21. The molecule has 3 heterocycles. The summed E-state index contributed by atoms with van der Waals surface area (Å²) in [5.74, 6) is 0. The third-order valence-corrected chi connectivity index (χ3v) is 3.53. The molecule has 5 nitrogen and oxygen atoms in total. The molecule has 1 atom stereocenters. The molecule has 2 aromatic heterocycles. The summed E-state index contributed by atoms with van der Waals surface area (Å²) in [6.45, 7) is 1.59. The highest BCUT2D eigenvalue weighted by atomic mass is 35.5. The lowest BCUT2D eigenvalue weighted by molar-refractivity contribution is 0.272. The van der Waals surface area contributed by atoms with Gasteiger partial charge >= 0.3 is 0 Å². The van der Waals surface area contributed by atoms with Gasteiger partial charge in [0.2, 0.25) is 5.65 Å². The van der Waals surface area contributed by atoms with Crippen LogP contribution in [0.3, 0.4) is 0 Å². The summed E-state index contributed by atoms with van der Waals surface area (Å²) < 4.78 is 5.23. The quantitative estimate of drug-likeness (QED) is 0.719. The number of aromatic nitrogens is 3. The van der Waals surface area contributed by atoms with Crippen LogP contribution in [0.1, 0.15) is 18.9 Å². The molecule has 90 valence electrons. The smallest absolute Gasteiger partial charge is 0.294 e. The number of piperidine rings is 1. The lowest BCUT2D eigenvalue weighted by Gasteiger charge is -2.28. The first-order valence-corrected chi connectivity index (χ1v) is 6.04. The van der Waals surface area contributed by atoms with Crippen LogP contribution in [0.25, 0.3) is 5.65 Å². The average molecular weight is 253 g/mol. The van der Waals surface area contributed by atoms with Gasteiger partial charge in [0.1, 0.15) is 0 Å². The molecule has 1 saturated heterocycles. The van der Waals surface area contributed by atoms with Crippen LogP contribution >= 0.6 is 11.8 Å². The predicted molar refractivity (Wildman–Crippen MR) is 65.1 cm³/mol. The van der Waals surface area contributed by atoms with Crippen molar-refractivity contribution in [2.24, 2.45) is 0 Å². The molecule has 3 rings (SSSR count). The van der Waals surface area contributed by atoms with Crippen LogP contribution < -0.4 is 5.56 Å². The fraction of sp³-hybridized carbons (Fsp3) is 0.455. The Morgan fingerprint density at radius 2 is 2.24 bits per heavy atom. The van der Waals surface area contributed by atoms with Gasteiger partial charge in [-0.1, -0.05) is 0 Å². The Kier molecular flexibility index (Phi) is 2.64. The third-order valence-electron chi connectivity index (χ3n) is 3.22. The van der Waals surface area contributed by atoms with E-state index >= 15 is 0 Å². The second-order valence-electron chi connectivity index (χ2n) is 4.33. The van der Waals surface area contributed by atoms with Gasteiger partial charge in [-0.2, -0.15) is 0 Å². The number of rotatable bonds is 1. The third kappa shape index (κ3) is 1.85. The molecular formula is C11H13ClN4O. The van der Waals surface area contributed by atoms with E-state index in [-0.39, 0.29) is 11.6 Å². The number of nitrogens with zero attached hydrogens (tertiary/aromatic N) is 4. The molecule has 6 heteroatoms. The van der Waals surface area contributed by atoms with Crippen LogP contribution in [-0.4, -0.2) is 31.5 Å². The maximum Gasteiger partial charge on any atom is 0.294 e. The van der Waals surface area contributed by atoms with Gasteiger partial charge in [-0.3, -0.25) is 4.79 Å². The van der Waals surface area contributed by atoms with Crippen molar-refractivity contribution in [1.29, 1.82) is 0 Å². The van der Waals surface area contributed by atoms with Gasteiger partial charge in [-0.15, -0.1) is 0 Å². The molecule has 2 aromatic rings. The number of hydrogen-bond acceptors (Lipinski definition) is 3. The first kappa shape index (κ1) is 10.8. The number of hydrogen-bond donors (Lipinski definition) is 0. The fourth-order valence-corrected chi connectivity index (χ4v) is 2.63. The van der Waals surface area contributed by atoms with Crippen molar-refractivity contribution < 1.29 is 0 Å². The molecule has 0 bridgehead atoms. The van der Waals surface area contributed by atoms with Crippen LogP contribution in [-0.2, 0) is 0 Å². The van der Waals surface area contributed by atoms with E-state index in [1.54, 1.807) is 25.8 Å². The normalized spacial score (nSPS) is 22.1. The van der Waals surface area contributed by atoms with Gasteiger partial charge in [0.25, 0.3) is 5.56 Å². The molecule has 1 aliphatic heterocycles. The van der Waals surface area contributed by atoms with E-state index in [4.69, 9.17) is 11.8 Å². The fourth-order valence-electron chi connectivity index (χ4n) is 2.35. The van der Waals surface area contributed by atoms with Crippen molar-refractivity contribution in [2.45, 2.75) is 18.9 Å². The first-order valence-electron chi connectivity index (χ1n) is 5.70. The minimum absolute atomic E-state index is 0.0468. The minimum atomic E-state index is -0.0468. The molecule has 17 heavy (non-hydrogen) atoms. The summed E-state index contributed by atoms with van der Waals surface area (Å²) in [5.41, 5.74) is 0.425. The monoisotopic (exact) mass is 252 g/mol. The summed E-state index contributed by atoms with van der Waals surface area (Å²) in [6.07, 6.45) is 9.08. The molecule has 0 aromatic carbocycles. The van der Waals surface area contributed by atoms with Crippen LogP contribution in [0.2, 0.25) is 0 Å². The van der Waals surface area contributed by atoms with Crippen LogP contribution in [0.5, 0.6) is 0 Å². The summed E-state index contributed by atoms with van der Waals surface area (Å²) in [4.78, 5) is 16.3. The molecule has 1 fully saturated rings. The number of imidazole rings is 1. The summed E-state index contributed by atoms with van der Waals surface area (Å²) in [6, 6.07) is 0.149. The van der Waals surface area contributed by atoms with E-state index in [1.807, 2.05) is 12.4 Å². The Labute approximate surface area is 103 Å². The summed E-state index contributed by atoms with van der Waals surface area (Å²) in [5, 5.41) is 0. The zero-order valence-electron chi connectivity index (χ0n) is 9.29. The van der Waals surface area contributed by atoms with Crippen molar-refractivity contribution >= 4 is 17.4 Å². The number of fused-ring (bicyclic) bond motifs is 1. The standard InChI is InChI=1S/C11H13ClN4O/c12-15-4-1-2-9(8-15)16-7-6-14-5-3-13-10(14)11(16)17/h3,5-7,9H,1-2,4,8H2/t9-/m1/s1. The SMILES string of the molecule is O=c1c2nccn2ccn1[C@@H]1CCCN(Cl)C1. The van der Waals surface area contributed by atoms with Gasteiger partial charge in [0, 0.05) is 37.9 Å². The van der Waals surface area contributed by atoms with Gasteiger partial charge in [-0.05, 0) is 24.6 Å². The van der Waals surface area contributed by atoms with E-state index in [9.17, 15) is 4.79 Å². The summed E-state index contributed by atoms with van der Waals surface area (Å²) in [7, 11) is 0. The van der Waals surface area contributed by atoms with Crippen molar-refractivity contribution in [3.63, 3.8) is 0 Å². The molecule has 0 saturated carbocycles. The molecule has 0 N–H and O–H groups in total. The Balaban J connectivity index is 2.04. The second-order valence-corrected chi connectivity index (χ2v) is 4.81. The maximum absolute atomic E-state index is 12.2. The zero-order valence-corrected chi connectivity index (χ0v) is 10.0. The van der Waals surface area contributed by atoms with Crippen LogP contribution in [0.4, 0.5) is 0 Å². The van der Waals surface area contributed by atoms with Crippen LogP contribution in [0, 0.1) is 0 Å². The van der Waals surface area contributed by atoms with Gasteiger partial charge in [0.15, 0.2) is 0 Å². The van der Waals surface area contributed by atoms with Crippen molar-refractivity contribution in [2.75, 3.05) is 13.1 Å². The highest BCUT2D eigenvalue weighted by Gasteiger charge is 2.21. The molecular weight excluding hydrogens is 240 g/mol. The van der Waals surface area contributed by atoms with Crippen LogP contribution in [0.15, 0.2) is 29.6 Å². The Morgan fingerprint density at radius 3 is 3.06 bits per heavy atom. The van der Waals surface area contributed by atoms with Crippen molar-refractivity contribution in [3.8, 4) is 0 Å². The Hall–Kier alpha value is -1.33. The van der Waals surface area contributed by atoms with Crippen molar-refractivity contribution in [3.05, 3.63) is 35.1 Å². The molecule has 0 aliphatic carbocycles. The molecule has 1 aliphatic rings. The van der Waals surface area contributed by atoms with Crippen molar-refractivity contribution in [1.82, 2.24) is 18.4 Å². The highest BCUT2D eigenvalue weighted by molar-refractivity contribution is 6.13. The average Bonchev–Trinajstić information content (AvgIpc) is 2.78. The van der Waals surface area contributed by atoms with E-state index in [1.165, 1.54) is 0 Å². The topological polar surface area (TPSA) is 42.5 Å². The zero-order chi connectivity index (χ0) is 11.8. The lowest BCUT2D eigenvalue weighted by atomic mass is 10.1. The molecule has 0 amide bonds. The minimum Gasteiger partial charge on any atom is -0.306 e. The maximum atomic E-state index is 12.2. The molecule has 0 unspecified atom stereocenters. The van der Waals surface area contributed by atoms with E-state index in [0.29, 0.717) is 12.2 Å². The van der Waals surface area contributed by atoms with E-state index < -0.39 is 0 Å². The molecule has 0 spiro atoms. The Bertz CT molecular complexity index is 590. The number of halogens is 1. The van der Waals surface area contributed by atoms with Gasteiger partial charge in [-0.25, -0.2) is 9.40 Å². The predicted octanol–water partition coefficient (Wildman–Crippen LogP) is 1.29. The first-order chi connectivity index (χ1) is 8.25. The van der Waals surface area contributed by atoms with E-state index in [0.717, 1.165) is 19.4 Å². The second kappa shape index (κ2) is 4.16. The largest absolute Gasteiger partial charge is 0.306 e. The van der Waals surface area contributed by atoms with Gasteiger partial charge in [0.05, 0.1) is 6.04 Å². The lowest BCUT2D eigenvalue weighted by Crippen LogP contribution is -2.35. The van der Waals surface area contributed by atoms with Gasteiger partial charge < -0.3 is 8.97 Å². The summed E-state index contributed by atoms with van der Waals surface area (Å²) >= 11 is 6.01.